The summed E-state index contributed by atoms with van der Waals surface area (Å²) in [6.45, 7) is 1.72. The highest BCUT2D eigenvalue weighted by molar-refractivity contribution is 6.31. The minimum absolute atomic E-state index is 0.0546. The molecule has 0 heterocycles. The summed E-state index contributed by atoms with van der Waals surface area (Å²) in [5, 5.41) is 3.44. The number of amides is 1. The van der Waals surface area contributed by atoms with E-state index in [1.165, 1.54) is 19.3 Å². The Morgan fingerprint density at radius 2 is 1.73 bits per heavy atom. The number of esters is 1. The molecule has 4 aliphatic carbocycles. The topological polar surface area (TPSA) is 55.4 Å². The molecule has 0 radical (unpaired) electrons. The van der Waals surface area contributed by atoms with Crippen molar-refractivity contribution in [1.82, 2.24) is 5.32 Å². The molecular formula is C21H26ClNO3. The second kappa shape index (κ2) is 6.88. The minimum Gasteiger partial charge on any atom is -0.456 e. The predicted molar refractivity (Wildman–Crippen MR) is 99.6 cm³/mol. The van der Waals surface area contributed by atoms with Crippen LogP contribution in [0.1, 0.15) is 57.1 Å². The Morgan fingerprint density at radius 1 is 1.15 bits per heavy atom. The molecule has 4 nitrogen and oxygen atoms in total. The van der Waals surface area contributed by atoms with Crippen molar-refractivity contribution in [2.75, 3.05) is 6.54 Å². The largest absolute Gasteiger partial charge is 0.456 e. The van der Waals surface area contributed by atoms with Crippen LogP contribution in [0.2, 0.25) is 5.02 Å². The number of nitrogens with one attached hydrogen (secondary N) is 1. The quantitative estimate of drug-likeness (QED) is 0.781. The highest BCUT2D eigenvalue weighted by Crippen LogP contribution is 2.60. The Morgan fingerprint density at radius 3 is 2.31 bits per heavy atom. The van der Waals surface area contributed by atoms with Crippen molar-refractivity contribution in [3.63, 3.8) is 0 Å². The minimum atomic E-state index is -0.437. The molecule has 5 heteroatoms. The van der Waals surface area contributed by atoms with Crippen LogP contribution in [0.15, 0.2) is 24.3 Å². The van der Waals surface area contributed by atoms with E-state index in [4.69, 9.17) is 16.3 Å². The Labute approximate surface area is 159 Å². The lowest BCUT2D eigenvalue weighted by Gasteiger charge is -2.55. The first-order valence-electron chi connectivity index (χ1n) is 9.67. The summed E-state index contributed by atoms with van der Waals surface area (Å²) in [6.07, 6.45) is 6.44. The van der Waals surface area contributed by atoms with E-state index in [0.29, 0.717) is 22.8 Å². The maximum atomic E-state index is 12.9. The monoisotopic (exact) mass is 375 g/mol. The molecule has 1 N–H and O–H groups in total. The van der Waals surface area contributed by atoms with Crippen molar-refractivity contribution in [2.45, 2.75) is 51.6 Å². The van der Waals surface area contributed by atoms with Gasteiger partial charge in [0.1, 0.15) is 12.6 Å². The van der Waals surface area contributed by atoms with Gasteiger partial charge in [-0.1, -0.05) is 29.8 Å². The molecule has 0 saturated heterocycles. The number of ether oxygens (including phenoxy) is 1. The van der Waals surface area contributed by atoms with E-state index in [2.05, 4.69) is 5.32 Å². The van der Waals surface area contributed by atoms with Crippen molar-refractivity contribution < 1.29 is 14.3 Å². The van der Waals surface area contributed by atoms with Gasteiger partial charge in [-0.15, -0.1) is 0 Å². The van der Waals surface area contributed by atoms with Crippen LogP contribution in [0.3, 0.4) is 0 Å². The van der Waals surface area contributed by atoms with Crippen LogP contribution in [-0.4, -0.2) is 18.4 Å². The second-order valence-electron chi connectivity index (χ2n) is 8.53. The third kappa shape index (κ3) is 3.36. The van der Waals surface area contributed by atoms with Crippen LogP contribution in [0.25, 0.3) is 0 Å². The molecule has 0 aromatic heterocycles. The zero-order valence-corrected chi connectivity index (χ0v) is 15.9. The number of hydrogen-bond acceptors (Lipinski definition) is 3. The molecule has 1 atom stereocenters. The Balaban J connectivity index is 1.32. The summed E-state index contributed by atoms with van der Waals surface area (Å²) in [5.41, 5.74) is 0.540. The molecule has 0 unspecified atom stereocenters. The van der Waals surface area contributed by atoms with Gasteiger partial charge in [0.2, 0.25) is 5.91 Å². The van der Waals surface area contributed by atoms with Crippen molar-refractivity contribution in [3.8, 4) is 0 Å². The van der Waals surface area contributed by atoms with Gasteiger partial charge in [-0.25, -0.2) is 0 Å². The fourth-order valence-corrected chi connectivity index (χ4v) is 6.13. The molecule has 4 fully saturated rings. The maximum absolute atomic E-state index is 12.9. The van der Waals surface area contributed by atoms with Crippen LogP contribution >= 0.6 is 11.6 Å². The Bertz CT molecular complexity index is 682. The van der Waals surface area contributed by atoms with Crippen molar-refractivity contribution in [3.05, 3.63) is 34.9 Å². The number of halogens is 1. The molecule has 140 valence electrons. The number of hydrogen-bond donors (Lipinski definition) is 1. The van der Waals surface area contributed by atoms with Gasteiger partial charge < -0.3 is 10.1 Å². The van der Waals surface area contributed by atoms with Gasteiger partial charge in [-0.3, -0.25) is 9.59 Å². The van der Waals surface area contributed by atoms with E-state index >= 15 is 0 Å². The van der Waals surface area contributed by atoms with Crippen LogP contribution in [0.4, 0.5) is 0 Å². The molecular weight excluding hydrogens is 350 g/mol. The number of rotatable bonds is 5. The van der Waals surface area contributed by atoms with Crippen LogP contribution < -0.4 is 5.32 Å². The lowest BCUT2D eigenvalue weighted by Crippen LogP contribution is -2.54. The summed E-state index contributed by atoms with van der Waals surface area (Å²) >= 11 is 6.15. The number of carbonyl (C=O) groups is 2. The third-order valence-corrected chi connectivity index (χ3v) is 6.91. The zero-order chi connectivity index (χ0) is 18.3. The van der Waals surface area contributed by atoms with Gasteiger partial charge in [0.25, 0.3) is 0 Å². The first kappa shape index (κ1) is 17.8. The lowest BCUT2D eigenvalue weighted by atomic mass is 9.49. The lowest BCUT2D eigenvalue weighted by molar-refractivity contribution is -0.153. The molecule has 1 aromatic rings. The molecule has 4 saturated carbocycles. The molecule has 0 spiro atoms. The van der Waals surface area contributed by atoms with Crippen LogP contribution in [0.5, 0.6) is 0 Å². The van der Waals surface area contributed by atoms with E-state index in [1.807, 2.05) is 18.2 Å². The summed E-state index contributed by atoms with van der Waals surface area (Å²) in [5.74, 6) is 1.76. The fourth-order valence-electron chi connectivity index (χ4n) is 5.84. The van der Waals surface area contributed by atoms with E-state index in [1.54, 1.807) is 13.0 Å². The zero-order valence-electron chi connectivity index (χ0n) is 15.2. The fraction of sp³-hybridized carbons (Fsp3) is 0.619. The van der Waals surface area contributed by atoms with Crippen LogP contribution in [-0.2, 0) is 14.3 Å². The Kier molecular flexibility index (Phi) is 4.72. The van der Waals surface area contributed by atoms with Crippen LogP contribution in [0, 0.1) is 23.2 Å². The molecule has 0 aliphatic heterocycles. The highest BCUT2D eigenvalue weighted by atomic mass is 35.5. The normalized spacial score (nSPS) is 32.9. The standard InChI is InChI=1S/C21H26ClNO3/c1-13(17-4-2-3-5-18(17)22)26-19(24)12-23-20(25)21-9-14-6-15(10-21)8-16(7-14)11-21/h2-5,13-16H,6-12H2,1H3,(H,23,25)/t13-,14?,15?,16?,21?/m0/s1. The molecule has 5 rings (SSSR count). The van der Waals surface area contributed by atoms with Gasteiger partial charge in [-0.2, -0.15) is 0 Å². The van der Waals surface area contributed by atoms with E-state index in [-0.39, 0.29) is 17.9 Å². The van der Waals surface area contributed by atoms with Gasteiger partial charge in [0.05, 0.1) is 0 Å². The summed E-state index contributed by atoms with van der Waals surface area (Å²) in [4.78, 5) is 25.1. The number of carbonyl (C=O) groups excluding carboxylic acids is 2. The highest BCUT2D eigenvalue weighted by Gasteiger charge is 2.54. The van der Waals surface area contributed by atoms with Crippen molar-refractivity contribution >= 4 is 23.5 Å². The third-order valence-electron chi connectivity index (χ3n) is 6.56. The van der Waals surface area contributed by atoms with Crippen molar-refractivity contribution in [1.29, 1.82) is 0 Å². The SMILES string of the molecule is C[C@H](OC(=O)CNC(=O)C12CC3CC(CC(C3)C1)C2)c1ccccc1Cl. The van der Waals surface area contributed by atoms with Gasteiger partial charge in [-0.05, 0) is 69.3 Å². The summed E-state index contributed by atoms with van der Waals surface area (Å²) in [6, 6.07) is 7.32. The smallest absolute Gasteiger partial charge is 0.326 e. The first-order chi connectivity index (χ1) is 12.4. The maximum Gasteiger partial charge on any atom is 0.326 e. The molecule has 4 bridgehead atoms. The molecule has 4 aliphatic rings. The molecule has 1 amide bonds. The van der Waals surface area contributed by atoms with E-state index in [9.17, 15) is 9.59 Å². The second-order valence-corrected chi connectivity index (χ2v) is 8.94. The molecule has 1 aromatic carbocycles. The Hall–Kier alpha value is -1.55. The van der Waals surface area contributed by atoms with Crippen molar-refractivity contribution in [2.24, 2.45) is 23.2 Å². The summed E-state index contributed by atoms with van der Waals surface area (Å²) < 4.78 is 5.45. The predicted octanol–water partition coefficient (Wildman–Crippen LogP) is 4.28. The average Bonchev–Trinajstić information content (AvgIpc) is 2.58. The van der Waals surface area contributed by atoms with Gasteiger partial charge in [0, 0.05) is 16.0 Å². The van der Waals surface area contributed by atoms with E-state index in [0.717, 1.165) is 24.8 Å². The number of benzene rings is 1. The first-order valence-corrected chi connectivity index (χ1v) is 10.1. The van der Waals surface area contributed by atoms with Gasteiger partial charge >= 0.3 is 5.97 Å². The average molecular weight is 376 g/mol. The van der Waals surface area contributed by atoms with Gasteiger partial charge in [0.15, 0.2) is 0 Å². The molecule has 26 heavy (non-hydrogen) atoms. The van der Waals surface area contributed by atoms with E-state index < -0.39 is 12.1 Å². The summed E-state index contributed by atoms with van der Waals surface area (Å²) in [7, 11) is 0.